The Hall–Kier alpha value is -2.78. The minimum Gasteiger partial charge on any atom is -0.492 e. The van der Waals surface area contributed by atoms with Crippen LogP contribution < -0.4 is 13.9 Å². The lowest BCUT2D eigenvalue weighted by Gasteiger charge is -2.35. The second kappa shape index (κ2) is 9.46. The molecule has 2 aliphatic rings. The van der Waals surface area contributed by atoms with Crippen LogP contribution in [0.4, 0.5) is 16.2 Å². The summed E-state index contributed by atoms with van der Waals surface area (Å²) in [5.41, 5.74) is -0.314. The molecular weight excluding hydrogens is 480 g/mol. The first-order chi connectivity index (χ1) is 16.2. The number of ether oxygens (including phenoxy) is 2. The highest BCUT2D eigenvalue weighted by Gasteiger charge is 2.43. The lowest BCUT2D eigenvalue weighted by atomic mass is 9.74. The Bertz CT molecular complexity index is 1190. The van der Waals surface area contributed by atoms with Crippen LogP contribution in [0.3, 0.4) is 0 Å². The van der Waals surface area contributed by atoms with Gasteiger partial charge < -0.3 is 9.47 Å². The Morgan fingerprint density at radius 2 is 1.76 bits per heavy atom. The number of esters is 1. The molecule has 0 saturated heterocycles. The highest BCUT2D eigenvalue weighted by Crippen LogP contribution is 2.41. The molecular formula is C24H27ClN2O6S. The molecule has 0 atom stereocenters. The fraction of sp³-hybridized carbons (Fsp3) is 0.417. The van der Waals surface area contributed by atoms with Crippen molar-refractivity contribution in [2.75, 3.05) is 29.5 Å². The topological polar surface area (TPSA) is 93.2 Å². The molecule has 0 bridgehead atoms. The predicted molar refractivity (Wildman–Crippen MR) is 129 cm³/mol. The van der Waals surface area contributed by atoms with E-state index in [-0.39, 0.29) is 28.8 Å². The number of sulfonamides is 1. The summed E-state index contributed by atoms with van der Waals surface area (Å²) in [4.78, 5) is 27.0. The quantitative estimate of drug-likeness (QED) is 0.512. The molecule has 34 heavy (non-hydrogen) atoms. The van der Waals surface area contributed by atoms with E-state index in [1.54, 1.807) is 13.0 Å². The molecule has 8 nitrogen and oxygen atoms in total. The summed E-state index contributed by atoms with van der Waals surface area (Å²) in [6.45, 7) is 2.21. The Morgan fingerprint density at radius 1 is 1.09 bits per heavy atom. The van der Waals surface area contributed by atoms with Crippen LogP contribution in [0.25, 0.3) is 0 Å². The zero-order valence-electron chi connectivity index (χ0n) is 19.1. The average Bonchev–Trinajstić information content (AvgIpc) is 2.83. The van der Waals surface area contributed by atoms with Crippen LogP contribution in [0.1, 0.15) is 39.0 Å². The maximum absolute atomic E-state index is 13.3. The Kier molecular flexibility index (Phi) is 6.78. The fourth-order valence-corrected chi connectivity index (χ4v) is 6.23. The van der Waals surface area contributed by atoms with E-state index in [9.17, 15) is 18.0 Å². The van der Waals surface area contributed by atoms with E-state index >= 15 is 0 Å². The first-order valence-electron chi connectivity index (χ1n) is 11.2. The molecule has 0 aromatic heterocycles. The van der Waals surface area contributed by atoms with Gasteiger partial charge in [0.25, 0.3) is 10.0 Å². The van der Waals surface area contributed by atoms with E-state index in [0.29, 0.717) is 30.2 Å². The number of halogens is 1. The molecule has 0 unspecified atom stereocenters. The van der Waals surface area contributed by atoms with Gasteiger partial charge in [-0.15, -0.1) is 0 Å². The molecule has 2 aromatic rings. The zero-order valence-corrected chi connectivity index (χ0v) is 20.7. The van der Waals surface area contributed by atoms with Gasteiger partial charge in [0, 0.05) is 18.1 Å². The normalized spacial score (nSPS) is 18.9. The fourth-order valence-electron chi connectivity index (χ4n) is 4.47. The van der Waals surface area contributed by atoms with Gasteiger partial charge in [0.1, 0.15) is 22.7 Å². The van der Waals surface area contributed by atoms with Gasteiger partial charge in [-0.3, -0.25) is 9.69 Å². The predicted octanol–water partition coefficient (Wildman–Crippen LogP) is 5.00. The summed E-state index contributed by atoms with van der Waals surface area (Å²) in [6.07, 6.45) is 4.26. The molecule has 1 fully saturated rings. The number of urea groups is 1. The highest BCUT2D eigenvalue weighted by atomic mass is 35.5. The van der Waals surface area contributed by atoms with Gasteiger partial charge in [-0.05, 0) is 56.2 Å². The van der Waals surface area contributed by atoms with Gasteiger partial charge in [0.05, 0.1) is 18.0 Å². The summed E-state index contributed by atoms with van der Waals surface area (Å²) >= 11 is 5.91. The molecule has 0 spiro atoms. The van der Waals surface area contributed by atoms with Gasteiger partial charge >= 0.3 is 12.0 Å². The van der Waals surface area contributed by atoms with Gasteiger partial charge in [-0.25, -0.2) is 13.2 Å². The lowest BCUT2D eigenvalue weighted by molar-refractivity contribution is -0.159. The van der Waals surface area contributed by atoms with Gasteiger partial charge in [0.15, 0.2) is 0 Å². The zero-order chi connectivity index (χ0) is 24.5. The number of hydrogen-bond donors (Lipinski definition) is 0. The van der Waals surface area contributed by atoms with E-state index in [0.717, 1.165) is 23.6 Å². The standard InChI is InChI=1S/C24H27ClN2O6S/c1-3-32-22(28)24(13-5-4-6-14-24)16-33-19-11-12-21-20(15-19)26(2)23(29)27(34(21,30)31)18-9-7-17(25)8-10-18/h7-12,15H,3-6,13-14,16H2,1-2H3. The smallest absolute Gasteiger partial charge is 0.342 e. The van der Waals surface area contributed by atoms with Gasteiger partial charge in [0.2, 0.25) is 0 Å². The van der Waals surface area contributed by atoms with Crippen LogP contribution in [0, 0.1) is 5.41 Å². The number of fused-ring (bicyclic) bond motifs is 1. The minimum atomic E-state index is -4.15. The largest absolute Gasteiger partial charge is 0.492 e. The number of carbonyl (C=O) groups excluding carboxylic acids is 2. The second-order valence-corrected chi connectivity index (χ2v) is 10.8. The van der Waals surface area contributed by atoms with E-state index < -0.39 is 21.5 Å². The lowest BCUT2D eigenvalue weighted by Crippen LogP contribution is -2.49. The molecule has 10 heteroatoms. The van der Waals surface area contributed by atoms with Crippen LogP contribution in [0.5, 0.6) is 5.75 Å². The van der Waals surface area contributed by atoms with Crippen molar-refractivity contribution in [3.63, 3.8) is 0 Å². The SMILES string of the molecule is CCOC(=O)C1(COc2ccc3c(c2)N(C)C(=O)N(c2ccc(Cl)cc2)S3(=O)=O)CCCCC1. The Balaban J connectivity index is 1.63. The van der Waals surface area contributed by atoms with Crippen LogP contribution in [-0.4, -0.2) is 40.7 Å². The Morgan fingerprint density at radius 3 is 2.41 bits per heavy atom. The number of hydrogen-bond acceptors (Lipinski definition) is 6. The van der Waals surface area contributed by atoms with Crippen molar-refractivity contribution in [3.05, 3.63) is 47.5 Å². The van der Waals surface area contributed by atoms with E-state index in [1.807, 2.05) is 0 Å². The number of anilines is 2. The maximum atomic E-state index is 13.3. The van der Waals surface area contributed by atoms with Crippen molar-refractivity contribution >= 4 is 45.0 Å². The molecule has 1 saturated carbocycles. The van der Waals surface area contributed by atoms with Crippen molar-refractivity contribution in [2.24, 2.45) is 5.41 Å². The monoisotopic (exact) mass is 506 g/mol. The third-order valence-electron chi connectivity index (χ3n) is 6.37. The third kappa shape index (κ3) is 4.34. The Labute approximate surface area is 204 Å². The van der Waals surface area contributed by atoms with E-state index in [4.69, 9.17) is 21.1 Å². The summed E-state index contributed by atoms with van der Waals surface area (Å²) in [7, 11) is -2.64. The summed E-state index contributed by atoms with van der Waals surface area (Å²) in [5.74, 6) is 0.115. The molecule has 0 N–H and O–H groups in total. The minimum absolute atomic E-state index is 0.0188. The number of nitrogens with zero attached hydrogens (tertiary/aromatic N) is 2. The van der Waals surface area contributed by atoms with Gasteiger partial charge in [-0.1, -0.05) is 30.9 Å². The molecule has 0 radical (unpaired) electrons. The van der Waals surface area contributed by atoms with Crippen molar-refractivity contribution < 1.29 is 27.5 Å². The molecule has 2 amide bonds. The van der Waals surface area contributed by atoms with Gasteiger partial charge in [-0.2, -0.15) is 4.31 Å². The molecule has 182 valence electrons. The molecule has 1 aliphatic heterocycles. The highest BCUT2D eigenvalue weighted by molar-refractivity contribution is 7.94. The van der Waals surface area contributed by atoms with Crippen molar-refractivity contribution in [2.45, 2.75) is 43.9 Å². The van der Waals surface area contributed by atoms with Crippen molar-refractivity contribution in [1.29, 1.82) is 0 Å². The second-order valence-electron chi connectivity index (χ2n) is 8.57. The third-order valence-corrected chi connectivity index (χ3v) is 8.37. The number of rotatable bonds is 6. The molecule has 4 rings (SSSR count). The average molecular weight is 507 g/mol. The van der Waals surface area contributed by atoms with Crippen molar-refractivity contribution in [3.8, 4) is 5.75 Å². The van der Waals surface area contributed by atoms with Crippen molar-refractivity contribution in [1.82, 2.24) is 0 Å². The number of carbonyl (C=O) groups is 2. The van der Waals surface area contributed by atoms with Crippen LogP contribution in [0.2, 0.25) is 5.02 Å². The van der Waals surface area contributed by atoms with E-state index in [2.05, 4.69) is 0 Å². The van der Waals surface area contributed by atoms with E-state index in [1.165, 1.54) is 48.3 Å². The first kappa shape index (κ1) is 24.3. The van der Waals surface area contributed by atoms with Crippen LogP contribution in [-0.2, 0) is 19.6 Å². The summed E-state index contributed by atoms with van der Waals surface area (Å²) in [6, 6.07) is 9.77. The van der Waals surface area contributed by atoms with Crippen LogP contribution in [0.15, 0.2) is 47.4 Å². The first-order valence-corrected chi connectivity index (χ1v) is 13.0. The number of benzene rings is 2. The maximum Gasteiger partial charge on any atom is 0.342 e. The molecule has 1 aliphatic carbocycles. The molecule has 1 heterocycles. The number of amides is 2. The van der Waals surface area contributed by atoms with Crippen LogP contribution >= 0.6 is 11.6 Å². The summed E-state index contributed by atoms with van der Waals surface area (Å²) in [5, 5.41) is 0.430. The summed E-state index contributed by atoms with van der Waals surface area (Å²) < 4.78 is 38.7. The molecule has 2 aromatic carbocycles.